The van der Waals surface area contributed by atoms with Gasteiger partial charge in [-0.15, -0.1) is 0 Å². The van der Waals surface area contributed by atoms with E-state index in [4.69, 9.17) is 4.74 Å². The van der Waals surface area contributed by atoms with Gasteiger partial charge in [-0.3, -0.25) is 0 Å². The van der Waals surface area contributed by atoms with Gasteiger partial charge in [0.05, 0.1) is 6.61 Å². The second-order valence-electron chi connectivity index (χ2n) is 5.49. The van der Waals surface area contributed by atoms with E-state index >= 15 is 0 Å². The first-order valence-electron chi connectivity index (χ1n) is 7.51. The third-order valence-corrected chi connectivity index (χ3v) is 3.91. The average molecular weight is 283 g/mol. The zero-order chi connectivity index (χ0) is 14.4. The Morgan fingerprint density at radius 1 is 1.20 bits per heavy atom. The van der Waals surface area contributed by atoms with Gasteiger partial charge in [0.15, 0.2) is 0 Å². The van der Waals surface area contributed by atoms with Crippen molar-refractivity contribution in [3.05, 3.63) is 29.8 Å². The lowest BCUT2D eigenvalue weighted by atomic mass is 10.00. The molecule has 2 rings (SSSR count). The van der Waals surface area contributed by atoms with Gasteiger partial charge in [0.25, 0.3) is 0 Å². The molecular weight excluding hydrogens is 260 g/mol. The summed E-state index contributed by atoms with van der Waals surface area (Å²) < 4.78 is 31.5. The lowest BCUT2D eigenvalue weighted by Crippen LogP contribution is -2.33. The smallest absolute Gasteiger partial charge is 0.129 e. The molecular formula is C16H23F2NO. The fourth-order valence-electron chi connectivity index (χ4n) is 2.92. The van der Waals surface area contributed by atoms with Crippen molar-refractivity contribution in [1.82, 2.24) is 5.32 Å². The normalized spacial score (nSPS) is 22.1. The van der Waals surface area contributed by atoms with Crippen molar-refractivity contribution in [2.24, 2.45) is 5.92 Å². The summed E-state index contributed by atoms with van der Waals surface area (Å²) in [6.07, 6.45) is 5.75. The molecule has 0 aromatic heterocycles. The maximum absolute atomic E-state index is 13.0. The lowest BCUT2D eigenvalue weighted by molar-refractivity contribution is 0.258. The summed E-state index contributed by atoms with van der Waals surface area (Å²) >= 11 is 0. The topological polar surface area (TPSA) is 21.3 Å². The summed E-state index contributed by atoms with van der Waals surface area (Å²) in [5.41, 5.74) is 0. The Labute approximate surface area is 119 Å². The van der Waals surface area contributed by atoms with Crippen LogP contribution in [0.25, 0.3) is 0 Å². The minimum atomic E-state index is -0.594. The first-order chi connectivity index (χ1) is 9.69. The molecule has 1 aliphatic carbocycles. The summed E-state index contributed by atoms with van der Waals surface area (Å²) in [4.78, 5) is 0. The van der Waals surface area contributed by atoms with Crippen LogP contribution in [0.15, 0.2) is 18.2 Å². The minimum absolute atomic E-state index is 0.276. The van der Waals surface area contributed by atoms with Gasteiger partial charge in [0.1, 0.15) is 17.4 Å². The zero-order valence-electron chi connectivity index (χ0n) is 12.0. The van der Waals surface area contributed by atoms with E-state index in [0.29, 0.717) is 18.6 Å². The third kappa shape index (κ3) is 4.44. The lowest BCUT2D eigenvalue weighted by Gasteiger charge is -2.21. The predicted octanol–water partition coefficient (Wildman–Crippen LogP) is 3.90. The Morgan fingerprint density at radius 3 is 2.65 bits per heavy atom. The molecule has 0 radical (unpaired) electrons. The van der Waals surface area contributed by atoms with Crippen molar-refractivity contribution in [2.75, 3.05) is 13.2 Å². The van der Waals surface area contributed by atoms with Crippen LogP contribution < -0.4 is 10.1 Å². The third-order valence-electron chi connectivity index (χ3n) is 3.91. The SMILES string of the molecule is CCCNC1CCCC1CCOc1cc(F)cc(F)c1. The van der Waals surface area contributed by atoms with E-state index in [1.807, 2.05) is 0 Å². The van der Waals surface area contributed by atoms with Crippen LogP contribution in [0.4, 0.5) is 8.78 Å². The van der Waals surface area contributed by atoms with Gasteiger partial charge < -0.3 is 10.1 Å². The molecule has 2 atom stereocenters. The molecule has 1 N–H and O–H groups in total. The molecule has 2 unspecified atom stereocenters. The molecule has 0 bridgehead atoms. The highest BCUT2D eigenvalue weighted by Gasteiger charge is 2.26. The maximum atomic E-state index is 13.0. The van der Waals surface area contributed by atoms with Gasteiger partial charge in [-0.1, -0.05) is 13.3 Å². The van der Waals surface area contributed by atoms with E-state index in [1.54, 1.807) is 0 Å². The summed E-state index contributed by atoms with van der Waals surface area (Å²) in [7, 11) is 0. The van der Waals surface area contributed by atoms with Crippen molar-refractivity contribution in [2.45, 2.75) is 45.1 Å². The molecule has 1 aromatic carbocycles. The largest absolute Gasteiger partial charge is 0.493 e. The summed E-state index contributed by atoms with van der Waals surface area (Å²) in [6.45, 7) is 3.73. The molecule has 2 nitrogen and oxygen atoms in total. The number of nitrogens with one attached hydrogen (secondary N) is 1. The van der Waals surface area contributed by atoms with Crippen molar-refractivity contribution < 1.29 is 13.5 Å². The highest BCUT2D eigenvalue weighted by molar-refractivity contribution is 5.23. The van der Waals surface area contributed by atoms with Crippen LogP contribution in [-0.2, 0) is 0 Å². The van der Waals surface area contributed by atoms with Crippen LogP contribution in [-0.4, -0.2) is 19.2 Å². The van der Waals surface area contributed by atoms with Crippen molar-refractivity contribution in [3.63, 3.8) is 0 Å². The molecule has 0 heterocycles. The number of benzene rings is 1. The summed E-state index contributed by atoms with van der Waals surface area (Å²) in [5.74, 6) is -0.301. The van der Waals surface area contributed by atoms with Crippen LogP contribution >= 0.6 is 0 Å². The molecule has 1 aliphatic rings. The highest BCUT2D eigenvalue weighted by atomic mass is 19.1. The zero-order valence-corrected chi connectivity index (χ0v) is 12.0. The van der Waals surface area contributed by atoms with Crippen LogP contribution in [0.3, 0.4) is 0 Å². The first-order valence-corrected chi connectivity index (χ1v) is 7.51. The summed E-state index contributed by atoms with van der Waals surface area (Å²) in [5, 5.41) is 3.57. The Balaban J connectivity index is 1.77. The van der Waals surface area contributed by atoms with E-state index in [9.17, 15) is 8.78 Å². The van der Waals surface area contributed by atoms with Gasteiger partial charge in [-0.25, -0.2) is 8.78 Å². The molecule has 1 fully saturated rings. The quantitative estimate of drug-likeness (QED) is 0.819. The second kappa shape index (κ2) is 7.58. The predicted molar refractivity (Wildman–Crippen MR) is 75.9 cm³/mol. The van der Waals surface area contributed by atoms with Gasteiger partial charge >= 0.3 is 0 Å². The van der Waals surface area contributed by atoms with Crippen LogP contribution in [0.2, 0.25) is 0 Å². The van der Waals surface area contributed by atoms with Gasteiger partial charge in [0.2, 0.25) is 0 Å². The molecule has 4 heteroatoms. The second-order valence-corrected chi connectivity index (χ2v) is 5.49. The Kier molecular flexibility index (Phi) is 5.77. The van der Waals surface area contributed by atoms with Crippen LogP contribution in [0, 0.1) is 17.6 Å². The van der Waals surface area contributed by atoms with Gasteiger partial charge in [0, 0.05) is 24.2 Å². The molecule has 112 valence electrons. The molecule has 1 saturated carbocycles. The van der Waals surface area contributed by atoms with E-state index < -0.39 is 11.6 Å². The molecule has 20 heavy (non-hydrogen) atoms. The number of hydrogen-bond acceptors (Lipinski definition) is 2. The molecule has 0 aliphatic heterocycles. The monoisotopic (exact) mass is 283 g/mol. The van der Waals surface area contributed by atoms with Gasteiger partial charge in [-0.2, -0.15) is 0 Å². The Hall–Kier alpha value is -1.16. The average Bonchev–Trinajstić information content (AvgIpc) is 2.83. The number of rotatable bonds is 7. The maximum Gasteiger partial charge on any atom is 0.129 e. The van der Waals surface area contributed by atoms with Crippen LogP contribution in [0.5, 0.6) is 5.75 Å². The highest BCUT2D eigenvalue weighted by Crippen LogP contribution is 2.28. The fourth-order valence-corrected chi connectivity index (χ4v) is 2.92. The van der Waals surface area contributed by atoms with Crippen molar-refractivity contribution in [3.8, 4) is 5.75 Å². The fraction of sp³-hybridized carbons (Fsp3) is 0.625. The van der Waals surface area contributed by atoms with E-state index in [1.165, 1.54) is 31.4 Å². The molecule has 0 spiro atoms. The Bertz CT molecular complexity index is 405. The van der Waals surface area contributed by atoms with Crippen molar-refractivity contribution >= 4 is 0 Å². The first kappa shape index (κ1) is 15.2. The molecule has 0 amide bonds. The van der Waals surface area contributed by atoms with Gasteiger partial charge in [-0.05, 0) is 38.1 Å². The number of hydrogen-bond donors (Lipinski definition) is 1. The number of ether oxygens (including phenoxy) is 1. The standard InChI is InChI=1S/C16H23F2NO/c1-2-7-19-16-5-3-4-12(16)6-8-20-15-10-13(17)9-14(18)11-15/h9-12,16,19H,2-8H2,1H3. The number of halogens is 2. The molecule has 1 aromatic rings. The van der Waals surface area contributed by atoms with Crippen molar-refractivity contribution in [1.29, 1.82) is 0 Å². The van der Waals surface area contributed by atoms with E-state index in [0.717, 1.165) is 25.5 Å². The molecule has 0 saturated heterocycles. The summed E-state index contributed by atoms with van der Waals surface area (Å²) in [6, 6.07) is 3.88. The van der Waals surface area contributed by atoms with Crippen LogP contribution in [0.1, 0.15) is 39.0 Å². The van der Waals surface area contributed by atoms with E-state index in [-0.39, 0.29) is 5.75 Å². The minimum Gasteiger partial charge on any atom is -0.493 e. The Morgan fingerprint density at radius 2 is 1.95 bits per heavy atom. The van der Waals surface area contributed by atoms with E-state index in [2.05, 4.69) is 12.2 Å².